The van der Waals surface area contributed by atoms with Crippen LogP contribution in [0.4, 0.5) is 8.78 Å². The highest BCUT2D eigenvalue weighted by molar-refractivity contribution is 5.79. The van der Waals surface area contributed by atoms with Crippen molar-refractivity contribution in [1.82, 2.24) is 5.32 Å². The van der Waals surface area contributed by atoms with Crippen LogP contribution in [0, 0.1) is 0 Å². The van der Waals surface area contributed by atoms with Crippen molar-refractivity contribution in [2.24, 2.45) is 0 Å². The lowest BCUT2D eigenvalue weighted by Crippen LogP contribution is -2.68. The molecule has 0 aromatic heterocycles. The van der Waals surface area contributed by atoms with Crippen molar-refractivity contribution >= 4 is 5.91 Å². The van der Waals surface area contributed by atoms with Gasteiger partial charge in [-0.05, 0) is 16.7 Å². The third-order valence-corrected chi connectivity index (χ3v) is 6.83. The van der Waals surface area contributed by atoms with E-state index in [0.717, 1.165) is 16.7 Å². The molecule has 2 heterocycles. The number of hydrogen-bond acceptors (Lipinski definition) is 6. The number of rotatable bonds is 12. The van der Waals surface area contributed by atoms with Gasteiger partial charge in [0.05, 0.1) is 33.0 Å². The largest absolute Gasteiger partial charge is 0.374 e. The number of carbonyl (C=O) groups is 1. The van der Waals surface area contributed by atoms with Crippen LogP contribution < -0.4 is 5.32 Å². The first-order chi connectivity index (χ1) is 19.0. The van der Waals surface area contributed by atoms with Gasteiger partial charge in [0.2, 0.25) is 0 Å². The van der Waals surface area contributed by atoms with Crippen molar-refractivity contribution in [2.75, 3.05) is 13.2 Å². The molecule has 3 aromatic carbocycles. The van der Waals surface area contributed by atoms with Gasteiger partial charge in [0.15, 0.2) is 6.29 Å². The van der Waals surface area contributed by atoms with Gasteiger partial charge in [-0.15, -0.1) is 0 Å². The predicted octanol–water partition coefficient (Wildman–Crippen LogP) is 4.25. The van der Waals surface area contributed by atoms with Crippen LogP contribution in [0.2, 0.25) is 0 Å². The van der Waals surface area contributed by atoms with E-state index in [0.29, 0.717) is 6.61 Å². The van der Waals surface area contributed by atoms with Gasteiger partial charge >= 0.3 is 6.43 Å². The molecule has 3 aromatic rings. The molecule has 2 saturated heterocycles. The highest BCUT2D eigenvalue weighted by Gasteiger charge is 2.62. The van der Waals surface area contributed by atoms with E-state index in [2.05, 4.69) is 5.32 Å². The summed E-state index contributed by atoms with van der Waals surface area (Å²) in [5.74, 6) is -1.43. The second-order valence-electron chi connectivity index (χ2n) is 9.65. The molecule has 0 aliphatic carbocycles. The zero-order chi connectivity index (χ0) is 27.1. The van der Waals surface area contributed by atoms with Crippen LogP contribution >= 0.6 is 0 Å². The molecular formula is C30H31F2NO6. The minimum atomic E-state index is -3.20. The number of benzene rings is 3. The highest BCUT2D eigenvalue weighted by Crippen LogP contribution is 2.41. The maximum absolute atomic E-state index is 13.3. The summed E-state index contributed by atoms with van der Waals surface area (Å²) in [6, 6.07) is 27.7. The predicted molar refractivity (Wildman–Crippen MR) is 138 cm³/mol. The summed E-state index contributed by atoms with van der Waals surface area (Å²) in [4.78, 5) is 12.1. The molecule has 0 radical (unpaired) electrons. The van der Waals surface area contributed by atoms with Crippen LogP contribution in [-0.4, -0.2) is 55.7 Å². The van der Waals surface area contributed by atoms with Crippen molar-refractivity contribution in [3.05, 3.63) is 108 Å². The molecule has 5 atom stereocenters. The zero-order valence-electron chi connectivity index (χ0n) is 21.3. The van der Waals surface area contributed by atoms with E-state index in [4.69, 9.17) is 23.7 Å². The van der Waals surface area contributed by atoms with Crippen LogP contribution in [0.3, 0.4) is 0 Å². The first-order valence-electron chi connectivity index (χ1n) is 12.8. The minimum absolute atomic E-state index is 0.0815. The number of ether oxygens (including phenoxy) is 5. The molecule has 2 bridgehead atoms. The Hall–Kier alpha value is -3.21. The van der Waals surface area contributed by atoms with Crippen molar-refractivity contribution in [3.8, 4) is 0 Å². The van der Waals surface area contributed by atoms with Crippen molar-refractivity contribution in [2.45, 2.75) is 56.4 Å². The summed E-state index contributed by atoms with van der Waals surface area (Å²) in [6.07, 6.45) is -5.88. The van der Waals surface area contributed by atoms with Crippen LogP contribution in [0.1, 0.15) is 16.7 Å². The van der Waals surface area contributed by atoms with Gasteiger partial charge in [0.25, 0.3) is 5.91 Å². The van der Waals surface area contributed by atoms with Crippen LogP contribution in [0.5, 0.6) is 0 Å². The fourth-order valence-corrected chi connectivity index (χ4v) is 4.91. The molecule has 2 aliphatic rings. The monoisotopic (exact) mass is 539 g/mol. The van der Waals surface area contributed by atoms with E-state index in [9.17, 15) is 13.6 Å². The molecule has 2 fully saturated rings. The van der Waals surface area contributed by atoms with E-state index in [1.54, 1.807) is 0 Å². The van der Waals surface area contributed by atoms with E-state index in [1.807, 2.05) is 91.0 Å². The summed E-state index contributed by atoms with van der Waals surface area (Å²) < 4.78 is 57.6. The number of fused-ring (bicyclic) bond motifs is 2. The Bertz CT molecular complexity index is 1190. The number of alkyl halides is 2. The summed E-state index contributed by atoms with van der Waals surface area (Å²) in [6.45, 7) is 0.909. The first kappa shape index (κ1) is 27.4. The molecule has 7 nitrogen and oxygen atoms in total. The summed E-state index contributed by atoms with van der Waals surface area (Å²) >= 11 is 0. The molecule has 0 spiro atoms. The third kappa shape index (κ3) is 6.69. The first-order valence-corrected chi connectivity index (χ1v) is 12.8. The third-order valence-electron chi connectivity index (χ3n) is 6.83. The Morgan fingerprint density at radius 1 is 0.846 bits per heavy atom. The van der Waals surface area contributed by atoms with E-state index >= 15 is 0 Å². The van der Waals surface area contributed by atoms with Crippen LogP contribution in [0.25, 0.3) is 0 Å². The molecule has 2 aliphatic heterocycles. The van der Waals surface area contributed by atoms with Gasteiger partial charge in [0.1, 0.15) is 23.9 Å². The van der Waals surface area contributed by atoms with E-state index < -0.39 is 42.5 Å². The molecule has 1 amide bonds. The molecule has 5 rings (SSSR count). The second-order valence-corrected chi connectivity index (χ2v) is 9.65. The standard InChI is InChI=1S/C30H31F2NO6/c31-27(32)28(34)33-24-25(36-17-22-12-6-2-7-13-22)26(37-18-23-14-8-3-9-15-23)30(20-38-29(24)39-30)19-35-16-21-10-4-1-5-11-21/h1-15,24-27,29H,16-20H2,(H,33,34). The van der Waals surface area contributed by atoms with Crippen LogP contribution in [0.15, 0.2) is 91.0 Å². The Kier molecular flexibility index (Phi) is 8.95. The van der Waals surface area contributed by atoms with Gasteiger partial charge in [-0.3, -0.25) is 4.79 Å². The lowest BCUT2D eigenvalue weighted by Gasteiger charge is -2.46. The number of amides is 1. The summed E-state index contributed by atoms with van der Waals surface area (Å²) in [5.41, 5.74) is 1.70. The molecule has 1 N–H and O–H groups in total. The molecule has 5 unspecified atom stereocenters. The Morgan fingerprint density at radius 2 is 1.38 bits per heavy atom. The second kappa shape index (κ2) is 12.8. The average Bonchev–Trinajstić information content (AvgIpc) is 3.35. The highest BCUT2D eigenvalue weighted by atomic mass is 19.3. The number of nitrogens with one attached hydrogen (secondary N) is 1. The molecule has 9 heteroatoms. The normalized spacial score (nSPS) is 26.0. The van der Waals surface area contributed by atoms with Gasteiger partial charge in [-0.25, -0.2) is 0 Å². The number of carbonyl (C=O) groups excluding carboxylic acids is 1. The molecular weight excluding hydrogens is 508 g/mol. The smallest absolute Gasteiger partial charge is 0.315 e. The van der Waals surface area contributed by atoms with Gasteiger partial charge in [-0.1, -0.05) is 91.0 Å². The maximum atomic E-state index is 13.3. The molecule has 206 valence electrons. The lowest BCUT2D eigenvalue weighted by atomic mass is 9.87. The summed E-state index contributed by atoms with van der Waals surface area (Å²) in [5, 5.41) is 2.37. The fraction of sp³-hybridized carbons (Fsp3) is 0.367. The van der Waals surface area contributed by atoms with Crippen molar-refractivity contribution < 1.29 is 37.3 Å². The Morgan fingerprint density at radius 3 is 1.95 bits per heavy atom. The Balaban J connectivity index is 1.42. The lowest BCUT2D eigenvalue weighted by molar-refractivity contribution is -0.264. The summed E-state index contributed by atoms with van der Waals surface area (Å²) in [7, 11) is 0. The van der Waals surface area contributed by atoms with E-state index in [1.165, 1.54) is 0 Å². The average molecular weight is 540 g/mol. The van der Waals surface area contributed by atoms with Gasteiger partial charge in [-0.2, -0.15) is 8.78 Å². The SMILES string of the molecule is O=C(NC1C2OCC(COCc3ccccc3)(O2)C(OCc2ccccc2)C1OCc1ccccc1)C(F)F. The maximum Gasteiger partial charge on any atom is 0.315 e. The van der Waals surface area contributed by atoms with Crippen LogP contribution in [-0.2, 0) is 48.3 Å². The quantitative estimate of drug-likeness (QED) is 0.371. The molecule has 0 saturated carbocycles. The number of halogens is 2. The Labute approximate surface area is 226 Å². The topological polar surface area (TPSA) is 75.3 Å². The van der Waals surface area contributed by atoms with Crippen molar-refractivity contribution in [3.63, 3.8) is 0 Å². The van der Waals surface area contributed by atoms with E-state index in [-0.39, 0.29) is 26.4 Å². The van der Waals surface area contributed by atoms with Crippen molar-refractivity contribution in [1.29, 1.82) is 0 Å². The molecule has 39 heavy (non-hydrogen) atoms. The number of hydrogen-bond donors (Lipinski definition) is 1. The van der Waals surface area contributed by atoms with Gasteiger partial charge < -0.3 is 29.0 Å². The minimum Gasteiger partial charge on any atom is -0.374 e. The van der Waals surface area contributed by atoms with Gasteiger partial charge in [0, 0.05) is 0 Å². The fourth-order valence-electron chi connectivity index (χ4n) is 4.91. The zero-order valence-corrected chi connectivity index (χ0v) is 21.3.